The van der Waals surface area contributed by atoms with Gasteiger partial charge in [0.15, 0.2) is 0 Å². The summed E-state index contributed by atoms with van der Waals surface area (Å²) in [5, 5.41) is 16.7. The van der Waals surface area contributed by atoms with E-state index < -0.39 is 27.1 Å². The molecule has 1 atom stereocenters. The van der Waals surface area contributed by atoms with Crippen LogP contribution in [-0.2, 0) is 13.9 Å². The van der Waals surface area contributed by atoms with E-state index in [1.165, 1.54) is 13.8 Å². The Morgan fingerprint density at radius 1 is 1.43 bits per heavy atom. The van der Waals surface area contributed by atoms with E-state index in [4.69, 9.17) is 20.0 Å². The molecule has 0 aromatic heterocycles. The lowest BCUT2D eigenvalue weighted by molar-refractivity contribution is -0.115. The highest BCUT2D eigenvalue weighted by Gasteiger charge is 2.15. The van der Waals surface area contributed by atoms with Crippen molar-refractivity contribution in [3.8, 4) is 0 Å². The van der Waals surface area contributed by atoms with Crippen LogP contribution in [0.15, 0.2) is 0 Å². The Bertz CT molecular complexity index is 194. The van der Waals surface area contributed by atoms with Crippen molar-refractivity contribution in [1.82, 2.24) is 0 Å². The van der Waals surface area contributed by atoms with E-state index in [1.807, 2.05) is 0 Å². The quantitative estimate of drug-likeness (QED) is 0.458. The molecular formula is C6H15O7P. The molecule has 7 nitrogen and oxygen atoms in total. The molecule has 14 heavy (non-hydrogen) atoms. The summed E-state index contributed by atoms with van der Waals surface area (Å²) < 4.78 is 13.8. The summed E-state index contributed by atoms with van der Waals surface area (Å²) in [7, 11) is -4.50. The molecule has 0 amide bonds. The van der Waals surface area contributed by atoms with Gasteiger partial charge in [-0.1, -0.05) is 0 Å². The van der Waals surface area contributed by atoms with Crippen molar-refractivity contribution in [2.24, 2.45) is 0 Å². The van der Waals surface area contributed by atoms with Crippen molar-refractivity contribution < 1.29 is 33.9 Å². The SMILES string of the molecule is CC(C)=O.O=P(O)(O)OCC(O)CO. The van der Waals surface area contributed by atoms with Crippen molar-refractivity contribution in [3.63, 3.8) is 0 Å². The Labute approximate surface area is 81.6 Å². The average Bonchev–Trinajstić information content (AvgIpc) is 1.97. The van der Waals surface area contributed by atoms with E-state index in [2.05, 4.69) is 4.52 Å². The molecule has 0 aromatic rings. The standard InChI is InChI=1S/C3H9O6P.C3H6O/c4-1-3(5)2-9-10(6,7)8;1-3(2)4/h3-5H,1-2H2,(H2,6,7,8);1-2H3. The summed E-state index contributed by atoms with van der Waals surface area (Å²) in [5.41, 5.74) is 0. The fraction of sp³-hybridized carbons (Fsp3) is 0.833. The summed E-state index contributed by atoms with van der Waals surface area (Å²) in [6, 6.07) is 0. The number of rotatable bonds is 4. The number of ketones is 1. The molecule has 0 radical (unpaired) electrons. The molecular weight excluding hydrogens is 215 g/mol. The smallest absolute Gasteiger partial charge is 0.394 e. The third-order valence-electron chi connectivity index (χ3n) is 0.646. The van der Waals surface area contributed by atoms with Crippen LogP contribution >= 0.6 is 7.82 Å². The molecule has 0 spiro atoms. The maximum absolute atomic E-state index is 9.93. The van der Waals surface area contributed by atoms with Crippen molar-refractivity contribution in [2.45, 2.75) is 20.0 Å². The molecule has 0 aromatic carbocycles. The van der Waals surface area contributed by atoms with E-state index in [-0.39, 0.29) is 5.78 Å². The Morgan fingerprint density at radius 3 is 2.00 bits per heavy atom. The number of phosphoric acid groups is 1. The number of phosphoric ester groups is 1. The largest absolute Gasteiger partial charge is 0.469 e. The molecule has 0 aliphatic rings. The summed E-state index contributed by atoms with van der Waals surface area (Å²) in [4.78, 5) is 25.6. The van der Waals surface area contributed by atoms with Crippen LogP contribution in [0.5, 0.6) is 0 Å². The van der Waals surface area contributed by atoms with Gasteiger partial charge < -0.3 is 24.8 Å². The number of hydrogen-bond donors (Lipinski definition) is 4. The van der Waals surface area contributed by atoms with Crippen LogP contribution < -0.4 is 0 Å². The zero-order chi connectivity index (χ0) is 11.8. The van der Waals surface area contributed by atoms with Crippen LogP contribution in [0.1, 0.15) is 13.8 Å². The van der Waals surface area contributed by atoms with Crippen LogP contribution in [0, 0.1) is 0 Å². The first-order valence-electron chi connectivity index (χ1n) is 3.65. The van der Waals surface area contributed by atoms with Crippen LogP contribution in [0.2, 0.25) is 0 Å². The van der Waals surface area contributed by atoms with Gasteiger partial charge in [0.25, 0.3) is 0 Å². The fourth-order valence-electron chi connectivity index (χ4n) is 0.236. The van der Waals surface area contributed by atoms with E-state index in [0.717, 1.165) is 0 Å². The van der Waals surface area contributed by atoms with Gasteiger partial charge in [-0.2, -0.15) is 0 Å². The second kappa shape index (κ2) is 8.05. The lowest BCUT2D eigenvalue weighted by Crippen LogP contribution is -2.18. The molecule has 0 saturated carbocycles. The van der Waals surface area contributed by atoms with Crippen LogP contribution in [0.4, 0.5) is 0 Å². The highest BCUT2D eigenvalue weighted by Crippen LogP contribution is 2.35. The number of Topliss-reactive ketones (excluding diaryl/α,β-unsaturated/α-hetero) is 1. The van der Waals surface area contributed by atoms with E-state index >= 15 is 0 Å². The van der Waals surface area contributed by atoms with Crippen molar-refractivity contribution >= 4 is 13.6 Å². The Morgan fingerprint density at radius 2 is 1.79 bits per heavy atom. The summed E-state index contributed by atoms with van der Waals surface area (Å²) >= 11 is 0. The van der Waals surface area contributed by atoms with Crippen LogP contribution in [0.25, 0.3) is 0 Å². The van der Waals surface area contributed by atoms with E-state index in [0.29, 0.717) is 0 Å². The topological polar surface area (TPSA) is 124 Å². The summed E-state index contributed by atoms with van der Waals surface area (Å²) in [5.74, 6) is 0.167. The summed E-state index contributed by atoms with van der Waals surface area (Å²) in [6.45, 7) is 1.90. The average molecular weight is 230 g/mol. The van der Waals surface area contributed by atoms with Crippen LogP contribution in [0.3, 0.4) is 0 Å². The number of aliphatic hydroxyl groups excluding tert-OH is 2. The van der Waals surface area contributed by atoms with Gasteiger partial charge in [0.05, 0.1) is 13.2 Å². The monoisotopic (exact) mass is 230 g/mol. The first-order chi connectivity index (χ1) is 6.19. The number of carbonyl (C=O) groups is 1. The molecule has 0 fully saturated rings. The summed E-state index contributed by atoms with van der Waals surface area (Å²) in [6.07, 6.45) is -1.24. The third-order valence-corrected chi connectivity index (χ3v) is 1.13. The molecule has 1 unspecified atom stereocenters. The van der Waals surface area contributed by atoms with Crippen molar-refractivity contribution in [3.05, 3.63) is 0 Å². The number of aliphatic hydroxyl groups is 2. The molecule has 86 valence electrons. The first-order valence-corrected chi connectivity index (χ1v) is 5.18. The van der Waals surface area contributed by atoms with Crippen molar-refractivity contribution in [2.75, 3.05) is 13.2 Å². The molecule has 0 rings (SSSR count). The van der Waals surface area contributed by atoms with Gasteiger partial charge >= 0.3 is 7.82 Å². The second-order valence-corrected chi connectivity index (χ2v) is 3.77. The lowest BCUT2D eigenvalue weighted by Gasteiger charge is -2.07. The van der Waals surface area contributed by atoms with E-state index in [9.17, 15) is 9.36 Å². The second-order valence-electron chi connectivity index (χ2n) is 2.53. The van der Waals surface area contributed by atoms with Gasteiger partial charge in [-0.3, -0.25) is 4.52 Å². The van der Waals surface area contributed by atoms with Gasteiger partial charge in [-0.15, -0.1) is 0 Å². The molecule has 0 bridgehead atoms. The Balaban J connectivity index is 0. The highest BCUT2D eigenvalue weighted by atomic mass is 31.2. The predicted molar refractivity (Wildman–Crippen MR) is 47.4 cm³/mol. The predicted octanol–water partition coefficient (Wildman–Crippen LogP) is -0.956. The molecule has 4 N–H and O–H groups in total. The van der Waals surface area contributed by atoms with Crippen molar-refractivity contribution in [1.29, 1.82) is 0 Å². The van der Waals surface area contributed by atoms with E-state index in [1.54, 1.807) is 0 Å². The molecule has 0 saturated heterocycles. The Hall–Kier alpha value is -0.300. The normalized spacial score (nSPS) is 12.7. The van der Waals surface area contributed by atoms with Crippen LogP contribution in [-0.4, -0.2) is 45.1 Å². The van der Waals surface area contributed by atoms with Gasteiger partial charge in [-0.25, -0.2) is 4.57 Å². The fourth-order valence-corrected chi connectivity index (χ4v) is 0.602. The zero-order valence-electron chi connectivity index (χ0n) is 7.95. The molecule has 8 heteroatoms. The minimum Gasteiger partial charge on any atom is -0.394 e. The van der Waals surface area contributed by atoms with Gasteiger partial charge in [0.2, 0.25) is 0 Å². The first kappa shape index (κ1) is 16.1. The van der Waals surface area contributed by atoms with Gasteiger partial charge in [0.1, 0.15) is 11.9 Å². The van der Waals surface area contributed by atoms with Gasteiger partial charge in [-0.05, 0) is 13.8 Å². The number of hydrogen-bond acceptors (Lipinski definition) is 5. The zero-order valence-corrected chi connectivity index (χ0v) is 8.85. The molecule has 0 aliphatic carbocycles. The molecule has 0 heterocycles. The molecule has 0 aliphatic heterocycles. The maximum Gasteiger partial charge on any atom is 0.469 e. The minimum atomic E-state index is -4.50. The highest BCUT2D eigenvalue weighted by molar-refractivity contribution is 7.46. The lowest BCUT2D eigenvalue weighted by atomic mass is 10.4. The Kier molecular flexibility index (Phi) is 9.28. The number of carbonyl (C=O) groups excluding carboxylic acids is 1. The minimum absolute atomic E-state index is 0.167. The van der Waals surface area contributed by atoms with Gasteiger partial charge in [0, 0.05) is 0 Å². The third kappa shape index (κ3) is 22.6. The maximum atomic E-state index is 9.93.